The van der Waals surface area contributed by atoms with E-state index in [2.05, 4.69) is 31.6 Å². The molecule has 0 bridgehead atoms. The zero-order chi connectivity index (χ0) is 18.8. The number of H-pyrrole nitrogens is 1. The van der Waals surface area contributed by atoms with Crippen LogP contribution in [0.15, 0.2) is 54.6 Å². The molecular formula is C20H15FN6. The topological polar surface area (TPSA) is 90.3 Å². The number of rotatable bonds is 4. The van der Waals surface area contributed by atoms with Gasteiger partial charge in [-0.1, -0.05) is 24.3 Å². The fourth-order valence-electron chi connectivity index (χ4n) is 2.86. The van der Waals surface area contributed by atoms with Crippen LogP contribution in [0, 0.1) is 24.1 Å². The number of nitriles is 1. The molecule has 0 aliphatic rings. The van der Waals surface area contributed by atoms with Gasteiger partial charge in [-0.05, 0) is 36.8 Å². The molecule has 1 atom stereocenters. The van der Waals surface area contributed by atoms with Crippen LogP contribution in [0.25, 0.3) is 10.9 Å². The number of aryl methyl sites for hydroxylation is 1. The molecular weight excluding hydrogens is 343 g/mol. The van der Waals surface area contributed by atoms with Crippen LogP contribution in [-0.4, -0.2) is 20.2 Å². The van der Waals surface area contributed by atoms with Crippen molar-refractivity contribution in [3.63, 3.8) is 0 Å². The van der Waals surface area contributed by atoms with Crippen molar-refractivity contribution >= 4 is 22.5 Å². The van der Waals surface area contributed by atoms with Crippen LogP contribution in [0.2, 0.25) is 0 Å². The van der Waals surface area contributed by atoms with Crippen molar-refractivity contribution in [2.45, 2.75) is 12.8 Å². The number of halogens is 1. The summed E-state index contributed by atoms with van der Waals surface area (Å²) in [6.45, 7) is 1.90. The van der Waals surface area contributed by atoms with Crippen molar-refractivity contribution in [3.8, 4) is 6.07 Å². The van der Waals surface area contributed by atoms with Crippen LogP contribution in [-0.2, 0) is 0 Å². The predicted octanol–water partition coefficient (Wildman–Crippen LogP) is 4.20. The van der Waals surface area contributed by atoms with Gasteiger partial charge in [0.05, 0.1) is 11.6 Å². The van der Waals surface area contributed by atoms with Crippen LogP contribution < -0.4 is 5.32 Å². The van der Waals surface area contributed by atoms with Crippen molar-refractivity contribution < 1.29 is 4.39 Å². The first-order valence-electron chi connectivity index (χ1n) is 8.35. The van der Waals surface area contributed by atoms with Gasteiger partial charge in [-0.25, -0.2) is 14.4 Å². The Kier molecular flexibility index (Phi) is 4.22. The Labute approximate surface area is 154 Å². The number of fused-ring (bicyclic) bond motifs is 1. The van der Waals surface area contributed by atoms with Gasteiger partial charge in [-0.3, -0.25) is 5.10 Å². The zero-order valence-corrected chi connectivity index (χ0v) is 14.4. The molecule has 132 valence electrons. The molecule has 4 rings (SSSR count). The van der Waals surface area contributed by atoms with E-state index in [1.807, 2.05) is 37.3 Å². The minimum atomic E-state index is -0.711. The molecule has 0 spiro atoms. The molecule has 7 heteroatoms. The molecule has 0 saturated carbocycles. The monoisotopic (exact) mass is 358 g/mol. The first kappa shape index (κ1) is 16.7. The van der Waals surface area contributed by atoms with Crippen LogP contribution in [0.1, 0.15) is 23.0 Å². The van der Waals surface area contributed by atoms with Gasteiger partial charge in [0.1, 0.15) is 17.6 Å². The predicted molar refractivity (Wildman–Crippen MR) is 100 cm³/mol. The van der Waals surface area contributed by atoms with E-state index in [0.717, 1.165) is 11.1 Å². The first-order chi connectivity index (χ1) is 13.1. The van der Waals surface area contributed by atoms with E-state index < -0.39 is 5.92 Å². The lowest BCUT2D eigenvalue weighted by molar-refractivity contribution is 0.626. The molecule has 0 fully saturated rings. The molecule has 6 nitrogen and oxygen atoms in total. The third-order valence-corrected chi connectivity index (χ3v) is 4.16. The van der Waals surface area contributed by atoms with Crippen LogP contribution >= 0.6 is 0 Å². The summed E-state index contributed by atoms with van der Waals surface area (Å²) in [5.74, 6) is 0.461. The van der Waals surface area contributed by atoms with Gasteiger partial charge in [-0.2, -0.15) is 10.4 Å². The second-order valence-corrected chi connectivity index (χ2v) is 6.12. The lowest BCUT2D eigenvalue weighted by Gasteiger charge is -2.13. The SMILES string of the molecule is Cc1cc(Nc2nc(C(C#N)c3ccc(F)cc3)nc3ccccc23)n[nH]1. The minimum Gasteiger partial charge on any atom is -0.323 e. The van der Waals surface area contributed by atoms with Gasteiger partial charge >= 0.3 is 0 Å². The summed E-state index contributed by atoms with van der Waals surface area (Å²) in [4.78, 5) is 9.14. The number of hydrogen-bond acceptors (Lipinski definition) is 5. The number of para-hydroxylation sites is 1. The average molecular weight is 358 g/mol. The highest BCUT2D eigenvalue weighted by Gasteiger charge is 2.19. The highest BCUT2D eigenvalue weighted by Crippen LogP contribution is 2.28. The molecule has 2 heterocycles. The number of hydrogen-bond donors (Lipinski definition) is 2. The number of anilines is 2. The summed E-state index contributed by atoms with van der Waals surface area (Å²) in [7, 11) is 0. The van der Waals surface area contributed by atoms with E-state index >= 15 is 0 Å². The second-order valence-electron chi connectivity index (χ2n) is 6.12. The molecule has 2 N–H and O–H groups in total. The Morgan fingerprint density at radius 3 is 2.59 bits per heavy atom. The molecule has 2 aromatic carbocycles. The number of aromatic amines is 1. The van der Waals surface area contributed by atoms with Gasteiger partial charge < -0.3 is 5.32 Å². The summed E-state index contributed by atoms with van der Waals surface area (Å²) in [6.07, 6.45) is 0. The summed E-state index contributed by atoms with van der Waals surface area (Å²) in [5, 5.41) is 20.7. The summed E-state index contributed by atoms with van der Waals surface area (Å²) >= 11 is 0. The molecule has 1 unspecified atom stereocenters. The summed E-state index contributed by atoms with van der Waals surface area (Å²) < 4.78 is 13.2. The number of nitrogens with one attached hydrogen (secondary N) is 2. The molecule has 2 aromatic heterocycles. The van der Waals surface area contributed by atoms with Gasteiger partial charge in [0.25, 0.3) is 0 Å². The summed E-state index contributed by atoms with van der Waals surface area (Å²) in [5.41, 5.74) is 2.26. The maximum atomic E-state index is 13.2. The van der Waals surface area contributed by atoms with E-state index in [4.69, 9.17) is 0 Å². The van der Waals surface area contributed by atoms with Crippen LogP contribution in [0.3, 0.4) is 0 Å². The van der Waals surface area contributed by atoms with Crippen molar-refractivity contribution in [2.75, 3.05) is 5.32 Å². The molecule has 4 aromatic rings. The van der Waals surface area contributed by atoms with Crippen LogP contribution in [0.4, 0.5) is 16.0 Å². The molecule has 0 radical (unpaired) electrons. The zero-order valence-electron chi connectivity index (χ0n) is 14.4. The standard InChI is InChI=1S/C20H15FN6/c1-12-10-18(27-26-12)24-19-15-4-2-3-5-17(15)23-20(25-19)16(11-22)13-6-8-14(21)9-7-13/h2-10,16H,1H3,(H2,23,24,25,26,27). The Morgan fingerprint density at radius 2 is 1.89 bits per heavy atom. The summed E-state index contributed by atoms with van der Waals surface area (Å²) in [6, 6.07) is 17.4. The minimum absolute atomic E-state index is 0.345. The maximum Gasteiger partial charge on any atom is 0.153 e. The van der Waals surface area contributed by atoms with E-state index in [9.17, 15) is 9.65 Å². The third kappa shape index (κ3) is 3.33. The van der Waals surface area contributed by atoms with E-state index in [-0.39, 0.29) is 5.82 Å². The second kappa shape index (κ2) is 6.84. The Balaban J connectivity index is 1.83. The van der Waals surface area contributed by atoms with Crippen molar-refractivity contribution in [1.29, 1.82) is 5.26 Å². The van der Waals surface area contributed by atoms with Crippen molar-refractivity contribution in [2.24, 2.45) is 0 Å². The lowest BCUT2D eigenvalue weighted by atomic mass is 9.99. The van der Waals surface area contributed by atoms with E-state index in [0.29, 0.717) is 28.5 Å². The highest BCUT2D eigenvalue weighted by molar-refractivity contribution is 5.90. The normalized spacial score (nSPS) is 11.9. The number of benzene rings is 2. The Morgan fingerprint density at radius 1 is 1.11 bits per heavy atom. The van der Waals surface area contributed by atoms with Gasteiger partial charge in [0, 0.05) is 17.1 Å². The Hall–Kier alpha value is -3.79. The molecule has 0 aliphatic carbocycles. The van der Waals surface area contributed by atoms with Gasteiger partial charge in [0.15, 0.2) is 11.6 Å². The molecule has 0 saturated heterocycles. The lowest BCUT2D eigenvalue weighted by Crippen LogP contribution is -2.07. The number of nitrogens with zero attached hydrogens (tertiary/aromatic N) is 4. The van der Waals surface area contributed by atoms with Gasteiger partial charge in [-0.15, -0.1) is 0 Å². The van der Waals surface area contributed by atoms with Crippen molar-refractivity contribution in [3.05, 3.63) is 77.5 Å². The first-order valence-corrected chi connectivity index (χ1v) is 8.35. The molecule has 0 amide bonds. The fraction of sp³-hybridized carbons (Fsp3) is 0.100. The quantitative estimate of drug-likeness (QED) is 0.570. The number of aromatic nitrogens is 4. The van der Waals surface area contributed by atoms with E-state index in [1.165, 1.54) is 12.1 Å². The maximum absolute atomic E-state index is 13.2. The van der Waals surface area contributed by atoms with E-state index in [1.54, 1.807) is 12.1 Å². The fourth-order valence-corrected chi connectivity index (χ4v) is 2.86. The van der Waals surface area contributed by atoms with Gasteiger partial charge in [0.2, 0.25) is 0 Å². The highest BCUT2D eigenvalue weighted by atomic mass is 19.1. The largest absolute Gasteiger partial charge is 0.323 e. The smallest absolute Gasteiger partial charge is 0.153 e. The molecule has 27 heavy (non-hydrogen) atoms. The van der Waals surface area contributed by atoms with Crippen LogP contribution in [0.5, 0.6) is 0 Å². The molecule has 0 aliphatic heterocycles. The third-order valence-electron chi connectivity index (χ3n) is 4.16. The van der Waals surface area contributed by atoms with Crippen molar-refractivity contribution in [1.82, 2.24) is 20.2 Å². The average Bonchev–Trinajstić information content (AvgIpc) is 3.09. The Bertz CT molecular complexity index is 1140.